The highest BCUT2D eigenvalue weighted by Gasteiger charge is 2.13. The Kier molecular flexibility index (Phi) is 7.26. The van der Waals surface area contributed by atoms with Crippen LogP contribution in [0.4, 0.5) is 0 Å². The minimum absolute atomic E-state index is 0. The summed E-state index contributed by atoms with van der Waals surface area (Å²) in [5.74, 6) is 0.00312. The number of hydrogen-bond donors (Lipinski definition) is 2. The van der Waals surface area contributed by atoms with E-state index in [4.69, 9.17) is 0 Å². The summed E-state index contributed by atoms with van der Waals surface area (Å²) in [6.07, 6.45) is 0. The normalized spacial score (nSPS) is 11.7. The van der Waals surface area contributed by atoms with E-state index in [1.165, 1.54) is 0 Å². The number of carbonyl (C=O) groups excluding carboxylic acids is 1. The van der Waals surface area contributed by atoms with Crippen LogP contribution in [-0.2, 0) is 11.3 Å². The van der Waals surface area contributed by atoms with E-state index in [0.29, 0.717) is 13.1 Å². The highest BCUT2D eigenvalue weighted by atomic mass is 35.5. The Labute approximate surface area is 143 Å². The lowest BCUT2D eigenvalue weighted by molar-refractivity contribution is -0.124. The lowest BCUT2D eigenvalue weighted by atomic mass is 10.1. The Bertz CT molecular complexity index is 654. The fraction of sp³-hybridized carbons (Fsp3) is 0.412. The molecule has 0 fully saturated rings. The average Bonchev–Trinajstić information content (AvgIpc) is 2.84. The molecule has 0 aliphatic carbocycles. The second-order valence-electron chi connectivity index (χ2n) is 5.64. The Hall–Kier alpha value is -1.85. The topological polar surface area (TPSA) is 59.0 Å². The van der Waals surface area contributed by atoms with Crippen molar-refractivity contribution in [3.8, 4) is 5.69 Å². The largest absolute Gasteiger partial charge is 0.352 e. The first-order valence-electron chi connectivity index (χ1n) is 7.56. The molecular formula is C17H25ClN4O. The van der Waals surface area contributed by atoms with E-state index in [9.17, 15) is 4.79 Å². The fourth-order valence-corrected chi connectivity index (χ4v) is 2.50. The maximum Gasteiger partial charge on any atom is 0.224 e. The molecule has 0 bridgehead atoms. The standard InChI is InChI=1S/C17H24N4O.ClH/c1-12(10-18-4)17(22)19-11-15-7-5-6-8-16(15)21-14(3)9-13(2)20-21;/h5-9,12,18H,10-11H2,1-4H3,(H,19,22);1H. The number of aromatic nitrogens is 2. The van der Waals surface area contributed by atoms with Crippen molar-refractivity contribution in [1.82, 2.24) is 20.4 Å². The minimum atomic E-state index is -0.0501. The monoisotopic (exact) mass is 336 g/mol. The van der Waals surface area contributed by atoms with Crippen molar-refractivity contribution in [3.05, 3.63) is 47.3 Å². The lowest BCUT2D eigenvalue weighted by Crippen LogP contribution is -2.34. The number of nitrogens with one attached hydrogen (secondary N) is 2. The van der Waals surface area contributed by atoms with Gasteiger partial charge in [-0.1, -0.05) is 25.1 Å². The predicted molar refractivity (Wildman–Crippen MR) is 95.2 cm³/mol. The van der Waals surface area contributed by atoms with Crippen molar-refractivity contribution in [2.24, 2.45) is 5.92 Å². The zero-order chi connectivity index (χ0) is 16.1. The number of aryl methyl sites for hydroxylation is 2. The van der Waals surface area contributed by atoms with Gasteiger partial charge in [-0.05, 0) is 38.6 Å². The first kappa shape index (κ1) is 19.2. The summed E-state index contributed by atoms with van der Waals surface area (Å²) in [4.78, 5) is 12.1. The molecule has 0 aliphatic heterocycles. The van der Waals surface area contributed by atoms with Gasteiger partial charge in [0.05, 0.1) is 11.4 Å². The summed E-state index contributed by atoms with van der Waals surface area (Å²) in [7, 11) is 1.85. The number of halogens is 1. The summed E-state index contributed by atoms with van der Waals surface area (Å²) in [5, 5.41) is 10.5. The zero-order valence-corrected chi connectivity index (χ0v) is 14.9. The van der Waals surface area contributed by atoms with E-state index in [0.717, 1.165) is 22.6 Å². The van der Waals surface area contributed by atoms with Crippen LogP contribution in [0.3, 0.4) is 0 Å². The number of rotatable bonds is 6. The first-order valence-corrected chi connectivity index (χ1v) is 7.56. The maximum atomic E-state index is 12.1. The number of carbonyl (C=O) groups is 1. The number of amides is 1. The molecule has 0 saturated carbocycles. The minimum Gasteiger partial charge on any atom is -0.352 e. The molecule has 2 rings (SSSR count). The van der Waals surface area contributed by atoms with E-state index in [-0.39, 0.29) is 24.2 Å². The Balaban J connectivity index is 0.00000264. The second-order valence-corrected chi connectivity index (χ2v) is 5.64. The number of hydrogen-bond acceptors (Lipinski definition) is 3. The van der Waals surface area contributed by atoms with E-state index in [1.807, 2.05) is 62.8 Å². The van der Waals surface area contributed by atoms with Crippen LogP contribution in [0.1, 0.15) is 23.9 Å². The summed E-state index contributed by atoms with van der Waals surface area (Å²) in [6.45, 7) is 7.10. The van der Waals surface area contributed by atoms with Gasteiger partial charge in [-0.2, -0.15) is 5.10 Å². The molecule has 1 aromatic heterocycles. The third-order valence-corrected chi connectivity index (χ3v) is 3.64. The summed E-state index contributed by atoms with van der Waals surface area (Å²) in [6, 6.07) is 10.1. The van der Waals surface area contributed by atoms with Crippen molar-refractivity contribution in [3.63, 3.8) is 0 Å². The van der Waals surface area contributed by atoms with E-state index in [1.54, 1.807) is 0 Å². The van der Waals surface area contributed by atoms with Gasteiger partial charge in [0.15, 0.2) is 0 Å². The molecule has 5 nitrogen and oxygen atoms in total. The molecule has 0 aliphatic rings. The summed E-state index contributed by atoms with van der Waals surface area (Å²) < 4.78 is 1.92. The molecule has 1 heterocycles. The summed E-state index contributed by atoms with van der Waals surface area (Å²) >= 11 is 0. The molecule has 6 heteroatoms. The molecule has 0 saturated heterocycles. The summed E-state index contributed by atoms with van der Waals surface area (Å²) in [5.41, 5.74) is 4.13. The van der Waals surface area contributed by atoms with Gasteiger partial charge < -0.3 is 10.6 Å². The highest BCUT2D eigenvalue weighted by molar-refractivity contribution is 5.85. The molecule has 1 amide bonds. The molecule has 23 heavy (non-hydrogen) atoms. The van der Waals surface area contributed by atoms with Crippen molar-refractivity contribution >= 4 is 18.3 Å². The van der Waals surface area contributed by atoms with Gasteiger partial charge in [0.1, 0.15) is 0 Å². The van der Waals surface area contributed by atoms with Gasteiger partial charge in [-0.25, -0.2) is 4.68 Å². The Morgan fingerprint density at radius 2 is 2.00 bits per heavy atom. The molecule has 0 spiro atoms. The van der Waals surface area contributed by atoms with Crippen LogP contribution in [0.25, 0.3) is 5.69 Å². The van der Waals surface area contributed by atoms with Crippen LogP contribution in [0.5, 0.6) is 0 Å². The highest BCUT2D eigenvalue weighted by Crippen LogP contribution is 2.17. The first-order chi connectivity index (χ1) is 10.5. The van der Waals surface area contributed by atoms with Crippen LogP contribution in [0.15, 0.2) is 30.3 Å². The number of nitrogens with zero attached hydrogens (tertiary/aromatic N) is 2. The maximum absolute atomic E-state index is 12.1. The zero-order valence-electron chi connectivity index (χ0n) is 14.1. The molecule has 126 valence electrons. The molecule has 0 radical (unpaired) electrons. The third-order valence-electron chi connectivity index (χ3n) is 3.64. The predicted octanol–water partition coefficient (Wildman–Crippen LogP) is 2.38. The van der Waals surface area contributed by atoms with Crippen LogP contribution in [-0.4, -0.2) is 29.3 Å². The van der Waals surface area contributed by atoms with Crippen molar-refractivity contribution in [1.29, 1.82) is 0 Å². The third kappa shape index (κ3) is 4.81. The van der Waals surface area contributed by atoms with Gasteiger partial charge in [0.2, 0.25) is 5.91 Å². The van der Waals surface area contributed by atoms with Gasteiger partial charge in [0.25, 0.3) is 0 Å². The average molecular weight is 337 g/mol. The van der Waals surface area contributed by atoms with E-state index < -0.39 is 0 Å². The van der Waals surface area contributed by atoms with E-state index >= 15 is 0 Å². The second kappa shape index (κ2) is 8.70. The van der Waals surface area contributed by atoms with Crippen LogP contribution in [0.2, 0.25) is 0 Å². The SMILES string of the molecule is CNCC(C)C(=O)NCc1ccccc1-n1nc(C)cc1C.Cl. The molecular weight excluding hydrogens is 312 g/mol. The Morgan fingerprint density at radius 1 is 1.30 bits per heavy atom. The van der Waals surface area contributed by atoms with Gasteiger partial charge in [0, 0.05) is 24.7 Å². The van der Waals surface area contributed by atoms with Crippen molar-refractivity contribution < 1.29 is 4.79 Å². The Morgan fingerprint density at radius 3 is 2.61 bits per heavy atom. The molecule has 1 unspecified atom stereocenters. The van der Waals surface area contributed by atoms with Crippen LogP contribution < -0.4 is 10.6 Å². The van der Waals surface area contributed by atoms with Gasteiger partial charge >= 0.3 is 0 Å². The molecule has 1 atom stereocenters. The van der Waals surface area contributed by atoms with Crippen LogP contribution in [0, 0.1) is 19.8 Å². The lowest BCUT2D eigenvalue weighted by Gasteiger charge is -2.14. The smallest absolute Gasteiger partial charge is 0.224 e. The van der Waals surface area contributed by atoms with Crippen molar-refractivity contribution in [2.75, 3.05) is 13.6 Å². The fourth-order valence-electron chi connectivity index (χ4n) is 2.50. The number of para-hydroxylation sites is 1. The van der Waals surface area contributed by atoms with Crippen molar-refractivity contribution in [2.45, 2.75) is 27.3 Å². The molecule has 2 N–H and O–H groups in total. The van der Waals surface area contributed by atoms with E-state index in [2.05, 4.69) is 15.7 Å². The van der Waals surface area contributed by atoms with Gasteiger partial charge in [-0.15, -0.1) is 12.4 Å². The molecule has 2 aromatic rings. The quantitative estimate of drug-likeness (QED) is 0.851. The van der Waals surface area contributed by atoms with Gasteiger partial charge in [-0.3, -0.25) is 4.79 Å². The molecule has 1 aromatic carbocycles. The number of benzene rings is 1. The van der Waals surface area contributed by atoms with Crippen LogP contribution >= 0.6 is 12.4 Å².